The molecule has 156 valence electrons. The highest BCUT2D eigenvalue weighted by atomic mass is 35.5. The molecule has 0 fully saturated rings. The van der Waals surface area contributed by atoms with Crippen molar-refractivity contribution < 1.29 is 27.8 Å². The third kappa shape index (κ3) is 5.74. The molecule has 0 saturated carbocycles. The molecular weight excluding hydrogens is 425 g/mol. The van der Waals surface area contributed by atoms with Crippen LogP contribution >= 0.6 is 11.6 Å². The van der Waals surface area contributed by atoms with Gasteiger partial charge in [-0.15, -0.1) is 0 Å². The summed E-state index contributed by atoms with van der Waals surface area (Å²) in [5, 5.41) is 14.0. The van der Waals surface area contributed by atoms with Gasteiger partial charge in [0.15, 0.2) is 5.82 Å². The molecule has 3 N–H and O–H groups in total. The molecule has 3 aromatic rings. The van der Waals surface area contributed by atoms with Gasteiger partial charge in [-0.2, -0.15) is 18.2 Å². The Kier molecular flexibility index (Phi) is 6.26. The Labute approximate surface area is 173 Å². The molecule has 1 aliphatic rings. The number of carboxylic acid groups (broad SMARTS) is 1. The SMILES string of the molecule is Clc1cnc2nc1Nc1cccc(c1)COc1cccc(c1)N2.O=C(O)C(F)(F)F. The van der Waals surface area contributed by atoms with Crippen LogP contribution in [0.1, 0.15) is 5.56 Å². The van der Waals surface area contributed by atoms with Gasteiger partial charge in [0.1, 0.15) is 17.4 Å². The predicted molar refractivity (Wildman–Crippen MR) is 105 cm³/mol. The van der Waals surface area contributed by atoms with E-state index in [4.69, 9.17) is 26.2 Å². The van der Waals surface area contributed by atoms with E-state index >= 15 is 0 Å². The van der Waals surface area contributed by atoms with Gasteiger partial charge >= 0.3 is 12.1 Å². The summed E-state index contributed by atoms with van der Waals surface area (Å²) in [5.41, 5.74) is 2.79. The number of carbonyl (C=O) groups is 1. The van der Waals surface area contributed by atoms with E-state index in [9.17, 15) is 13.2 Å². The molecule has 30 heavy (non-hydrogen) atoms. The zero-order chi connectivity index (χ0) is 21.7. The normalized spacial score (nSPS) is 12.3. The van der Waals surface area contributed by atoms with Crippen molar-refractivity contribution in [3.8, 4) is 5.75 Å². The number of rotatable bonds is 0. The molecule has 6 bridgehead atoms. The van der Waals surface area contributed by atoms with Crippen LogP contribution in [0.2, 0.25) is 5.02 Å². The first-order valence-electron chi connectivity index (χ1n) is 8.39. The maximum atomic E-state index is 10.6. The molecule has 2 aromatic carbocycles. The smallest absolute Gasteiger partial charge is 0.489 e. The maximum absolute atomic E-state index is 10.6. The summed E-state index contributed by atoms with van der Waals surface area (Å²) in [7, 11) is 0. The van der Waals surface area contributed by atoms with Crippen LogP contribution in [0.5, 0.6) is 5.75 Å². The number of hydrogen-bond acceptors (Lipinski definition) is 6. The average Bonchev–Trinajstić information content (AvgIpc) is 2.69. The fraction of sp³-hybridized carbons (Fsp3) is 0.105. The molecule has 0 saturated heterocycles. The first-order chi connectivity index (χ1) is 14.2. The Morgan fingerprint density at radius 3 is 2.47 bits per heavy atom. The van der Waals surface area contributed by atoms with Crippen molar-refractivity contribution in [1.29, 1.82) is 0 Å². The van der Waals surface area contributed by atoms with Gasteiger partial charge < -0.3 is 20.5 Å². The third-order valence-corrected chi connectivity index (χ3v) is 3.95. The molecule has 0 unspecified atom stereocenters. The monoisotopic (exact) mass is 438 g/mol. The highest BCUT2D eigenvalue weighted by Crippen LogP contribution is 2.27. The van der Waals surface area contributed by atoms with Gasteiger partial charge in [-0.25, -0.2) is 9.78 Å². The fourth-order valence-electron chi connectivity index (χ4n) is 2.35. The molecule has 1 aliphatic heterocycles. The van der Waals surface area contributed by atoms with E-state index in [1.165, 1.54) is 0 Å². The van der Waals surface area contributed by atoms with Crippen LogP contribution < -0.4 is 15.4 Å². The average molecular weight is 439 g/mol. The van der Waals surface area contributed by atoms with Gasteiger partial charge in [0.25, 0.3) is 0 Å². The molecule has 4 rings (SSSR count). The second kappa shape index (κ2) is 8.87. The van der Waals surface area contributed by atoms with Gasteiger partial charge in [0.2, 0.25) is 5.95 Å². The van der Waals surface area contributed by atoms with Crippen molar-refractivity contribution in [3.63, 3.8) is 0 Å². The quantitative estimate of drug-likeness (QED) is 0.447. The lowest BCUT2D eigenvalue weighted by Crippen LogP contribution is -2.21. The van der Waals surface area contributed by atoms with Gasteiger partial charge in [0, 0.05) is 17.4 Å². The topological polar surface area (TPSA) is 96.4 Å². The van der Waals surface area contributed by atoms with E-state index in [0.717, 1.165) is 22.7 Å². The van der Waals surface area contributed by atoms with Crippen LogP contribution in [-0.2, 0) is 11.4 Å². The number of aromatic nitrogens is 2. The number of nitrogens with one attached hydrogen (secondary N) is 2. The summed E-state index contributed by atoms with van der Waals surface area (Å²) >= 11 is 6.19. The zero-order valence-electron chi connectivity index (χ0n) is 15.1. The number of hydrogen-bond donors (Lipinski definition) is 3. The number of alkyl halides is 3. The van der Waals surface area contributed by atoms with Crippen molar-refractivity contribution in [3.05, 3.63) is 65.3 Å². The Balaban J connectivity index is 0.000000318. The number of halogens is 4. The van der Waals surface area contributed by atoms with Crippen LogP contribution in [-0.4, -0.2) is 27.2 Å². The van der Waals surface area contributed by atoms with Gasteiger partial charge in [-0.3, -0.25) is 0 Å². The van der Waals surface area contributed by atoms with E-state index in [0.29, 0.717) is 23.4 Å². The van der Waals surface area contributed by atoms with Crippen LogP contribution in [0.25, 0.3) is 0 Å². The maximum Gasteiger partial charge on any atom is 0.490 e. The Hall–Kier alpha value is -3.53. The predicted octanol–water partition coefficient (Wildman–Crippen LogP) is 5.14. The number of fused-ring (bicyclic) bond motifs is 6. The van der Waals surface area contributed by atoms with Crippen molar-refractivity contribution in [2.45, 2.75) is 12.8 Å². The molecule has 7 nitrogen and oxygen atoms in total. The lowest BCUT2D eigenvalue weighted by molar-refractivity contribution is -0.192. The minimum Gasteiger partial charge on any atom is -0.489 e. The van der Waals surface area contributed by atoms with E-state index in [1.807, 2.05) is 48.5 Å². The summed E-state index contributed by atoms with van der Waals surface area (Å²) in [5.74, 6) is -0.962. The van der Waals surface area contributed by atoms with E-state index < -0.39 is 12.1 Å². The molecule has 0 atom stereocenters. The van der Waals surface area contributed by atoms with E-state index in [-0.39, 0.29) is 0 Å². The van der Waals surface area contributed by atoms with Gasteiger partial charge in [-0.05, 0) is 29.8 Å². The number of carboxylic acids is 1. The lowest BCUT2D eigenvalue weighted by atomic mass is 10.2. The second-order valence-electron chi connectivity index (χ2n) is 5.96. The largest absolute Gasteiger partial charge is 0.490 e. The lowest BCUT2D eigenvalue weighted by Gasteiger charge is -2.10. The minimum atomic E-state index is -5.08. The van der Waals surface area contributed by atoms with Crippen molar-refractivity contribution >= 4 is 40.7 Å². The minimum absolute atomic E-state index is 0.459. The van der Waals surface area contributed by atoms with E-state index in [1.54, 1.807) is 6.20 Å². The second-order valence-corrected chi connectivity index (χ2v) is 6.37. The highest BCUT2D eigenvalue weighted by Gasteiger charge is 2.38. The number of nitrogens with zero attached hydrogens (tertiary/aromatic N) is 2. The molecule has 2 heterocycles. The molecular formula is C19H14ClF3N4O3. The van der Waals surface area contributed by atoms with Crippen LogP contribution in [0.3, 0.4) is 0 Å². The molecule has 0 spiro atoms. The first-order valence-corrected chi connectivity index (χ1v) is 8.77. The Morgan fingerprint density at radius 2 is 1.77 bits per heavy atom. The standard InChI is InChI=1S/C17H13ClN4O.C2HF3O2/c18-15-9-19-17-21-13-5-2-6-14(8-13)23-10-11-3-1-4-12(7-11)20-16(15)22-17;3-2(4,5)1(6)7/h1-9H,10H2,(H2,19,20,21,22);(H,6,7). The summed E-state index contributed by atoms with van der Waals surface area (Å²) in [6.07, 6.45) is -3.51. The number of aliphatic carboxylic acids is 1. The molecule has 11 heteroatoms. The summed E-state index contributed by atoms with van der Waals surface area (Å²) in [6, 6.07) is 15.6. The summed E-state index contributed by atoms with van der Waals surface area (Å²) < 4.78 is 37.6. The number of anilines is 4. The Bertz CT molecular complexity index is 1060. The summed E-state index contributed by atoms with van der Waals surface area (Å²) in [6.45, 7) is 0.482. The highest BCUT2D eigenvalue weighted by molar-refractivity contribution is 6.32. The fourth-order valence-corrected chi connectivity index (χ4v) is 2.49. The molecule has 0 amide bonds. The van der Waals surface area contributed by atoms with Crippen LogP contribution in [0.4, 0.5) is 36.3 Å². The first kappa shape index (κ1) is 21.2. The summed E-state index contributed by atoms with van der Waals surface area (Å²) in [4.78, 5) is 17.5. The van der Waals surface area contributed by atoms with Crippen molar-refractivity contribution in [2.75, 3.05) is 10.6 Å². The van der Waals surface area contributed by atoms with Crippen molar-refractivity contribution in [1.82, 2.24) is 9.97 Å². The number of ether oxygens (including phenoxy) is 1. The number of benzene rings is 2. The Morgan fingerprint density at radius 1 is 1.10 bits per heavy atom. The van der Waals surface area contributed by atoms with Gasteiger partial charge in [-0.1, -0.05) is 29.8 Å². The molecule has 0 radical (unpaired) electrons. The van der Waals surface area contributed by atoms with Gasteiger partial charge in [0.05, 0.1) is 6.20 Å². The molecule has 1 aromatic heterocycles. The van der Waals surface area contributed by atoms with Crippen LogP contribution in [0.15, 0.2) is 54.7 Å². The van der Waals surface area contributed by atoms with Crippen LogP contribution in [0, 0.1) is 0 Å². The zero-order valence-corrected chi connectivity index (χ0v) is 15.8. The molecule has 0 aliphatic carbocycles. The van der Waals surface area contributed by atoms with E-state index in [2.05, 4.69) is 20.6 Å². The van der Waals surface area contributed by atoms with Crippen molar-refractivity contribution in [2.24, 2.45) is 0 Å². The third-order valence-electron chi connectivity index (χ3n) is 3.67.